The van der Waals surface area contributed by atoms with Gasteiger partial charge in [-0.15, -0.1) is 0 Å². The van der Waals surface area contributed by atoms with Gasteiger partial charge in [-0.25, -0.2) is 9.97 Å². The number of aromatic nitrogens is 2. The van der Waals surface area contributed by atoms with E-state index in [1.807, 2.05) is 31.2 Å². The minimum atomic E-state index is 0.00456. The molecule has 3 rings (SSSR count). The van der Waals surface area contributed by atoms with Crippen molar-refractivity contribution in [1.82, 2.24) is 20.2 Å². The lowest BCUT2D eigenvalue weighted by Gasteiger charge is -2.33. The van der Waals surface area contributed by atoms with Crippen molar-refractivity contribution in [2.24, 2.45) is 5.92 Å². The Balaban J connectivity index is 1.49. The van der Waals surface area contributed by atoms with E-state index in [9.17, 15) is 4.79 Å². The Morgan fingerprint density at radius 1 is 1.37 bits per heavy atom. The number of benzene rings is 1. The average Bonchev–Trinajstić information content (AvgIpc) is 2.64. The molecule has 0 bridgehead atoms. The molecule has 1 atom stereocenters. The van der Waals surface area contributed by atoms with Gasteiger partial charge in [-0.3, -0.25) is 9.69 Å². The quantitative estimate of drug-likeness (QED) is 0.581. The third-order valence-electron chi connectivity index (χ3n) is 4.39. The highest BCUT2D eigenvalue weighted by Gasteiger charge is 2.21. The largest absolute Gasteiger partial charge is 0.374 e. The number of amides is 1. The fourth-order valence-electron chi connectivity index (χ4n) is 3.27. The second-order valence-corrected chi connectivity index (χ2v) is 8.30. The summed E-state index contributed by atoms with van der Waals surface area (Å²) in [6.07, 6.45) is 0.0635. The van der Waals surface area contributed by atoms with Crippen LogP contribution < -0.4 is 5.32 Å². The zero-order valence-corrected chi connectivity index (χ0v) is 17.1. The van der Waals surface area contributed by atoms with Gasteiger partial charge < -0.3 is 10.1 Å². The third kappa shape index (κ3) is 5.89. The van der Waals surface area contributed by atoms with Gasteiger partial charge in [-0.2, -0.15) is 0 Å². The minimum Gasteiger partial charge on any atom is -0.374 e. The number of hydrogen-bond acceptors (Lipinski definition) is 6. The van der Waals surface area contributed by atoms with Crippen molar-refractivity contribution in [2.75, 3.05) is 38.5 Å². The van der Waals surface area contributed by atoms with E-state index in [0.717, 1.165) is 48.0 Å². The minimum absolute atomic E-state index is 0.00456. The van der Waals surface area contributed by atoms with Crippen molar-refractivity contribution in [3.8, 4) is 0 Å². The second kappa shape index (κ2) is 9.48. The lowest BCUT2D eigenvalue weighted by atomic mass is 10.2. The topological polar surface area (TPSA) is 67.4 Å². The van der Waals surface area contributed by atoms with E-state index in [1.54, 1.807) is 0 Å². The van der Waals surface area contributed by atoms with Crippen LogP contribution in [0.3, 0.4) is 0 Å². The summed E-state index contributed by atoms with van der Waals surface area (Å²) in [7, 11) is 0. The summed E-state index contributed by atoms with van der Waals surface area (Å²) >= 11 is 1.45. The Morgan fingerprint density at radius 3 is 3.00 bits per heavy atom. The first-order valence-electron chi connectivity index (χ1n) is 9.48. The molecular formula is C20H28N4O2S. The number of hydrogen-bond donors (Lipinski definition) is 1. The standard InChI is InChI=1S/C20H28N4O2S/c1-14(2)11-24-8-9-26-16(12-24)10-21-19(25)13-27-20-17-6-4-5-7-18(17)22-15(3)23-20/h4-7,14,16H,8-13H2,1-3H3,(H,21,25). The van der Waals surface area contributed by atoms with Crippen LogP contribution in [0, 0.1) is 12.8 Å². The van der Waals surface area contributed by atoms with E-state index in [0.29, 0.717) is 18.2 Å². The highest BCUT2D eigenvalue weighted by Crippen LogP contribution is 2.24. The van der Waals surface area contributed by atoms with Gasteiger partial charge >= 0.3 is 0 Å². The smallest absolute Gasteiger partial charge is 0.230 e. The van der Waals surface area contributed by atoms with Crippen molar-refractivity contribution in [3.63, 3.8) is 0 Å². The lowest BCUT2D eigenvalue weighted by molar-refractivity contribution is -0.119. The molecule has 0 spiro atoms. The van der Waals surface area contributed by atoms with Crippen LogP contribution >= 0.6 is 11.8 Å². The Bertz CT molecular complexity index is 784. The van der Waals surface area contributed by atoms with Crippen LogP contribution in [0.25, 0.3) is 10.9 Å². The van der Waals surface area contributed by atoms with E-state index in [-0.39, 0.29) is 12.0 Å². The monoisotopic (exact) mass is 388 g/mol. The number of nitrogens with zero attached hydrogens (tertiary/aromatic N) is 3. The van der Waals surface area contributed by atoms with Gasteiger partial charge in [-0.05, 0) is 18.9 Å². The Hall–Kier alpha value is -1.70. The molecule has 7 heteroatoms. The molecule has 0 radical (unpaired) electrons. The number of para-hydroxylation sites is 1. The summed E-state index contributed by atoms with van der Waals surface area (Å²) in [4.78, 5) is 23.7. The second-order valence-electron chi connectivity index (χ2n) is 7.33. The van der Waals surface area contributed by atoms with Gasteiger partial charge in [-0.1, -0.05) is 43.8 Å². The van der Waals surface area contributed by atoms with Crippen molar-refractivity contribution >= 4 is 28.6 Å². The van der Waals surface area contributed by atoms with E-state index >= 15 is 0 Å². The molecule has 146 valence electrons. The average molecular weight is 389 g/mol. The molecular weight excluding hydrogens is 360 g/mol. The van der Waals surface area contributed by atoms with Gasteiger partial charge in [0.15, 0.2) is 0 Å². The predicted octanol–water partition coefficient (Wildman–Crippen LogP) is 2.50. The molecule has 2 aromatic rings. The summed E-state index contributed by atoms with van der Waals surface area (Å²) in [6.45, 7) is 10.5. The van der Waals surface area contributed by atoms with E-state index < -0.39 is 0 Å². The fraction of sp³-hybridized carbons (Fsp3) is 0.550. The molecule has 1 unspecified atom stereocenters. The molecule has 2 heterocycles. The van der Waals surface area contributed by atoms with E-state index in [2.05, 4.69) is 34.0 Å². The van der Waals surface area contributed by atoms with Crippen molar-refractivity contribution in [3.05, 3.63) is 30.1 Å². The van der Waals surface area contributed by atoms with Crippen LogP contribution in [0.4, 0.5) is 0 Å². The van der Waals surface area contributed by atoms with Crippen LogP contribution in [-0.4, -0.2) is 65.4 Å². The summed E-state index contributed by atoms with van der Waals surface area (Å²) in [5.41, 5.74) is 0.911. The number of carbonyl (C=O) groups excluding carboxylic acids is 1. The van der Waals surface area contributed by atoms with Crippen LogP contribution in [0.1, 0.15) is 19.7 Å². The molecule has 1 aromatic heterocycles. The Kier molecular flexibility index (Phi) is 7.04. The zero-order chi connectivity index (χ0) is 19.2. The highest BCUT2D eigenvalue weighted by atomic mass is 32.2. The maximum atomic E-state index is 12.3. The number of aryl methyl sites for hydroxylation is 1. The number of nitrogens with one attached hydrogen (secondary N) is 1. The number of fused-ring (bicyclic) bond motifs is 1. The maximum absolute atomic E-state index is 12.3. The molecule has 0 aliphatic carbocycles. The van der Waals surface area contributed by atoms with Crippen LogP contribution in [0.5, 0.6) is 0 Å². The first kappa shape index (κ1) is 20.0. The SMILES string of the molecule is Cc1nc(SCC(=O)NCC2CN(CC(C)C)CCO2)c2ccccc2n1. The Morgan fingerprint density at radius 2 is 2.19 bits per heavy atom. The molecule has 1 aliphatic rings. The Labute approximate surface area is 165 Å². The lowest BCUT2D eigenvalue weighted by Crippen LogP contribution is -2.48. The maximum Gasteiger partial charge on any atom is 0.230 e. The summed E-state index contributed by atoms with van der Waals surface area (Å²) in [6, 6.07) is 7.89. The molecule has 0 saturated carbocycles. The first-order chi connectivity index (χ1) is 13.0. The van der Waals surface area contributed by atoms with Gasteiger partial charge in [0.05, 0.1) is 24.0 Å². The van der Waals surface area contributed by atoms with E-state index in [1.165, 1.54) is 11.8 Å². The number of morpholine rings is 1. The number of ether oxygens (including phenoxy) is 1. The number of thioether (sulfide) groups is 1. The highest BCUT2D eigenvalue weighted by molar-refractivity contribution is 8.00. The summed E-state index contributed by atoms with van der Waals surface area (Å²) < 4.78 is 5.79. The van der Waals surface area contributed by atoms with E-state index in [4.69, 9.17) is 4.74 Å². The molecule has 6 nitrogen and oxygen atoms in total. The van der Waals surface area contributed by atoms with Gasteiger partial charge in [0, 0.05) is 31.6 Å². The van der Waals surface area contributed by atoms with Gasteiger partial charge in [0.25, 0.3) is 0 Å². The van der Waals surface area contributed by atoms with Crippen LogP contribution in [0.15, 0.2) is 29.3 Å². The molecule has 1 N–H and O–H groups in total. The summed E-state index contributed by atoms with van der Waals surface area (Å²) in [5.74, 6) is 1.70. The van der Waals surface area contributed by atoms with Crippen molar-refractivity contribution in [2.45, 2.75) is 31.9 Å². The fourth-order valence-corrected chi connectivity index (χ4v) is 4.16. The molecule has 1 aliphatic heterocycles. The number of carbonyl (C=O) groups is 1. The van der Waals surface area contributed by atoms with Crippen molar-refractivity contribution in [1.29, 1.82) is 0 Å². The summed E-state index contributed by atoms with van der Waals surface area (Å²) in [5, 5.41) is 4.84. The van der Waals surface area contributed by atoms with Crippen LogP contribution in [0.2, 0.25) is 0 Å². The van der Waals surface area contributed by atoms with Gasteiger partial charge in [0.1, 0.15) is 10.9 Å². The first-order valence-corrected chi connectivity index (χ1v) is 10.5. The number of rotatable bonds is 7. The molecule has 1 aromatic carbocycles. The molecule has 27 heavy (non-hydrogen) atoms. The molecule has 1 fully saturated rings. The van der Waals surface area contributed by atoms with Crippen molar-refractivity contribution < 1.29 is 9.53 Å². The molecule has 1 amide bonds. The normalized spacial score (nSPS) is 18.1. The molecule has 1 saturated heterocycles. The third-order valence-corrected chi connectivity index (χ3v) is 5.38. The van der Waals surface area contributed by atoms with Gasteiger partial charge in [0.2, 0.25) is 5.91 Å². The van der Waals surface area contributed by atoms with Crippen LogP contribution in [-0.2, 0) is 9.53 Å². The predicted molar refractivity (Wildman–Crippen MR) is 109 cm³/mol. The zero-order valence-electron chi connectivity index (χ0n) is 16.3.